The lowest BCUT2D eigenvalue weighted by Crippen LogP contribution is -2.43. The summed E-state index contributed by atoms with van der Waals surface area (Å²) in [5.74, 6) is -1.41. The van der Waals surface area contributed by atoms with Crippen molar-refractivity contribution in [3.8, 4) is 6.07 Å². The molecule has 0 spiro atoms. The number of carbonyl (C=O) groups is 3. The lowest BCUT2D eigenvalue weighted by atomic mass is 9.96. The van der Waals surface area contributed by atoms with Gasteiger partial charge in [0.1, 0.15) is 6.07 Å². The number of piperidine rings is 1. The maximum Gasteiger partial charge on any atom is 0.313 e. The first-order chi connectivity index (χ1) is 14.1. The molecule has 1 aliphatic rings. The van der Waals surface area contributed by atoms with Gasteiger partial charge in [0.05, 0.1) is 16.8 Å². The molecule has 1 aromatic heterocycles. The minimum Gasteiger partial charge on any atom is -0.348 e. The standard InChI is InChI=1S/C21H21N5O3/c22-12-16-4-1-2-6-18(16)25-20(28)19(27)24-13-15-7-10-26(11-8-15)21(29)17-5-3-9-23-14-17/h1-6,9,14-15H,7-8,10-11,13H2,(H,24,27)(H,25,28). The maximum absolute atomic E-state index is 12.4. The van der Waals surface area contributed by atoms with Gasteiger partial charge in [-0.25, -0.2) is 0 Å². The first kappa shape index (κ1) is 20.0. The molecule has 1 aromatic carbocycles. The van der Waals surface area contributed by atoms with Crippen LogP contribution in [0.2, 0.25) is 0 Å². The highest BCUT2D eigenvalue weighted by Gasteiger charge is 2.25. The Morgan fingerprint density at radius 3 is 2.55 bits per heavy atom. The van der Waals surface area contributed by atoms with Crippen molar-refractivity contribution in [3.05, 3.63) is 59.9 Å². The van der Waals surface area contributed by atoms with E-state index in [-0.39, 0.29) is 11.8 Å². The smallest absolute Gasteiger partial charge is 0.313 e. The molecule has 148 valence electrons. The monoisotopic (exact) mass is 391 g/mol. The van der Waals surface area contributed by atoms with E-state index >= 15 is 0 Å². The molecule has 3 amide bonds. The van der Waals surface area contributed by atoms with Crippen LogP contribution in [-0.4, -0.2) is 47.2 Å². The van der Waals surface area contributed by atoms with Gasteiger partial charge in [-0.1, -0.05) is 12.1 Å². The fraction of sp³-hybridized carbons (Fsp3) is 0.286. The van der Waals surface area contributed by atoms with Crippen LogP contribution in [0.15, 0.2) is 48.8 Å². The zero-order chi connectivity index (χ0) is 20.6. The van der Waals surface area contributed by atoms with Crippen LogP contribution >= 0.6 is 0 Å². The SMILES string of the molecule is N#Cc1ccccc1NC(=O)C(=O)NCC1CCN(C(=O)c2cccnc2)CC1. The maximum atomic E-state index is 12.4. The van der Waals surface area contributed by atoms with Gasteiger partial charge >= 0.3 is 11.8 Å². The van der Waals surface area contributed by atoms with E-state index in [1.807, 2.05) is 6.07 Å². The average Bonchev–Trinajstić information content (AvgIpc) is 2.78. The van der Waals surface area contributed by atoms with E-state index in [1.165, 1.54) is 0 Å². The number of nitrogens with one attached hydrogen (secondary N) is 2. The number of hydrogen-bond acceptors (Lipinski definition) is 5. The van der Waals surface area contributed by atoms with Crippen molar-refractivity contribution in [1.29, 1.82) is 5.26 Å². The Labute approximate surface area is 168 Å². The highest BCUT2D eigenvalue weighted by Crippen LogP contribution is 2.18. The molecule has 0 saturated carbocycles. The topological polar surface area (TPSA) is 115 Å². The Morgan fingerprint density at radius 1 is 1.10 bits per heavy atom. The van der Waals surface area contributed by atoms with Gasteiger partial charge in [0.25, 0.3) is 5.91 Å². The van der Waals surface area contributed by atoms with Crippen molar-refractivity contribution in [2.75, 3.05) is 25.0 Å². The molecule has 1 fully saturated rings. The first-order valence-corrected chi connectivity index (χ1v) is 9.36. The predicted molar refractivity (Wildman–Crippen MR) is 106 cm³/mol. The van der Waals surface area contributed by atoms with E-state index in [0.29, 0.717) is 36.4 Å². The summed E-state index contributed by atoms with van der Waals surface area (Å²) in [5, 5.41) is 14.1. The van der Waals surface area contributed by atoms with Crippen LogP contribution in [-0.2, 0) is 9.59 Å². The Morgan fingerprint density at radius 2 is 1.86 bits per heavy atom. The van der Waals surface area contributed by atoms with Gasteiger partial charge in [0.15, 0.2) is 0 Å². The summed E-state index contributed by atoms with van der Waals surface area (Å²) in [5.41, 5.74) is 1.16. The summed E-state index contributed by atoms with van der Waals surface area (Å²) in [6.07, 6.45) is 4.66. The van der Waals surface area contributed by atoms with Gasteiger partial charge in [-0.15, -0.1) is 0 Å². The number of benzene rings is 1. The summed E-state index contributed by atoms with van der Waals surface area (Å²) in [7, 11) is 0. The van der Waals surface area contributed by atoms with E-state index in [4.69, 9.17) is 5.26 Å². The molecular formula is C21H21N5O3. The highest BCUT2D eigenvalue weighted by atomic mass is 16.2. The van der Waals surface area contributed by atoms with E-state index < -0.39 is 11.8 Å². The molecule has 0 aliphatic carbocycles. The van der Waals surface area contributed by atoms with Crippen molar-refractivity contribution >= 4 is 23.4 Å². The number of anilines is 1. The van der Waals surface area contributed by atoms with Crippen LogP contribution < -0.4 is 10.6 Å². The van der Waals surface area contributed by atoms with Gasteiger partial charge in [-0.3, -0.25) is 19.4 Å². The number of likely N-dealkylation sites (tertiary alicyclic amines) is 1. The fourth-order valence-electron chi connectivity index (χ4n) is 3.20. The largest absolute Gasteiger partial charge is 0.348 e. The summed E-state index contributed by atoms with van der Waals surface area (Å²) in [4.78, 5) is 42.3. The summed E-state index contributed by atoms with van der Waals surface area (Å²) in [6, 6.07) is 11.9. The molecule has 2 heterocycles. The van der Waals surface area contributed by atoms with Crippen molar-refractivity contribution in [2.45, 2.75) is 12.8 Å². The zero-order valence-electron chi connectivity index (χ0n) is 15.8. The van der Waals surface area contributed by atoms with E-state index in [0.717, 1.165) is 12.8 Å². The minimum absolute atomic E-state index is 0.0453. The molecule has 8 nitrogen and oxygen atoms in total. The molecule has 0 unspecified atom stereocenters. The van der Waals surface area contributed by atoms with Gasteiger partial charge in [0.2, 0.25) is 0 Å². The molecule has 8 heteroatoms. The van der Waals surface area contributed by atoms with Crippen molar-refractivity contribution in [1.82, 2.24) is 15.2 Å². The zero-order valence-corrected chi connectivity index (χ0v) is 15.8. The van der Waals surface area contributed by atoms with Gasteiger partial charge in [0, 0.05) is 32.0 Å². The number of carbonyl (C=O) groups excluding carboxylic acids is 3. The third-order valence-electron chi connectivity index (χ3n) is 4.86. The Bertz CT molecular complexity index is 931. The van der Waals surface area contributed by atoms with E-state index in [2.05, 4.69) is 15.6 Å². The molecule has 3 rings (SSSR count). The Hall–Kier alpha value is -3.73. The second kappa shape index (κ2) is 9.46. The van der Waals surface area contributed by atoms with Crippen molar-refractivity contribution < 1.29 is 14.4 Å². The van der Waals surface area contributed by atoms with Crippen LogP contribution in [0.3, 0.4) is 0 Å². The molecule has 1 aliphatic heterocycles. The van der Waals surface area contributed by atoms with Crippen LogP contribution in [0.5, 0.6) is 0 Å². The van der Waals surface area contributed by atoms with Crippen LogP contribution in [0, 0.1) is 17.2 Å². The number of para-hydroxylation sites is 1. The number of nitrogens with zero attached hydrogens (tertiary/aromatic N) is 3. The summed E-state index contributed by atoms with van der Waals surface area (Å²) >= 11 is 0. The number of pyridine rings is 1. The highest BCUT2D eigenvalue weighted by molar-refractivity contribution is 6.39. The number of rotatable bonds is 4. The fourth-order valence-corrected chi connectivity index (χ4v) is 3.20. The van der Waals surface area contributed by atoms with E-state index in [1.54, 1.807) is 53.7 Å². The van der Waals surface area contributed by atoms with Crippen molar-refractivity contribution in [2.24, 2.45) is 5.92 Å². The van der Waals surface area contributed by atoms with Crippen molar-refractivity contribution in [3.63, 3.8) is 0 Å². The van der Waals surface area contributed by atoms with Gasteiger partial charge < -0.3 is 15.5 Å². The number of hydrogen-bond donors (Lipinski definition) is 2. The Kier molecular flexibility index (Phi) is 6.53. The molecule has 0 bridgehead atoms. The summed E-state index contributed by atoms with van der Waals surface area (Å²) in [6.45, 7) is 1.55. The molecule has 29 heavy (non-hydrogen) atoms. The van der Waals surface area contributed by atoms with Crippen LogP contribution in [0.1, 0.15) is 28.8 Å². The van der Waals surface area contributed by atoms with Gasteiger partial charge in [-0.2, -0.15) is 5.26 Å². The van der Waals surface area contributed by atoms with E-state index in [9.17, 15) is 14.4 Å². The quantitative estimate of drug-likeness (QED) is 0.768. The third-order valence-corrected chi connectivity index (χ3v) is 4.86. The average molecular weight is 391 g/mol. The number of aromatic nitrogens is 1. The van der Waals surface area contributed by atoms with Crippen LogP contribution in [0.25, 0.3) is 0 Å². The lowest BCUT2D eigenvalue weighted by molar-refractivity contribution is -0.136. The number of nitriles is 1. The molecule has 2 aromatic rings. The minimum atomic E-state index is -0.808. The van der Waals surface area contributed by atoms with Crippen LogP contribution in [0.4, 0.5) is 5.69 Å². The third kappa shape index (κ3) is 5.17. The Balaban J connectivity index is 1.44. The molecule has 0 atom stereocenters. The lowest BCUT2D eigenvalue weighted by Gasteiger charge is -2.32. The first-order valence-electron chi connectivity index (χ1n) is 9.36. The molecule has 0 radical (unpaired) electrons. The molecule has 2 N–H and O–H groups in total. The second-order valence-corrected chi connectivity index (χ2v) is 6.80. The predicted octanol–water partition coefficient (Wildman–Crippen LogP) is 1.56. The molecule has 1 saturated heterocycles. The van der Waals surface area contributed by atoms with Gasteiger partial charge in [-0.05, 0) is 43.0 Å². The normalized spacial score (nSPS) is 14.0. The summed E-state index contributed by atoms with van der Waals surface area (Å²) < 4.78 is 0. The molecular weight excluding hydrogens is 370 g/mol. The second-order valence-electron chi connectivity index (χ2n) is 6.80. The number of amides is 3.